The quantitative estimate of drug-likeness (QED) is 0.651. The number of fused-ring (bicyclic) bond motifs is 1. The molecule has 158 valence electrons. The van der Waals surface area contributed by atoms with Gasteiger partial charge in [-0.15, -0.1) is 0 Å². The zero-order chi connectivity index (χ0) is 20.9. The van der Waals surface area contributed by atoms with Gasteiger partial charge in [-0.05, 0) is 30.2 Å². The molecule has 1 aliphatic heterocycles. The predicted octanol–water partition coefficient (Wildman–Crippen LogP) is 3.72. The summed E-state index contributed by atoms with van der Waals surface area (Å²) in [7, 11) is 0. The summed E-state index contributed by atoms with van der Waals surface area (Å²) in [6.45, 7) is 10.8. The van der Waals surface area contributed by atoms with Gasteiger partial charge in [0, 0.05) is 51.9 Å². The number of aromatic nitrogens is 2. The van der Waals surface area contributed by atoms with Gasteiger partial charge < -0.3 is 9.88 Å². The number of hydrogen-bond donors (Lipinski definition) is 1. The Hall–Kier alpha value is -2.70. The molecule has 1 saturated heterocycles. The highest BCUT2D eigenvalue weighted by molar-refractivity contribution is 5.91. The highest BCUT2D eigenvalue weighted by Crippen LogP contribution is 2.22. The van der Waals surface area contributed by atoms with Crippen molar-refractivity contribution in [1.82, 2.24) is 19.4 Å². The van der Waals surface area contributed by atoms with Crippen molar-refractivity contribution in [2.45, 2.75) is 39.9 Å². The molecule has 4 rings (SSSR count). The molecule has 6 nitrogen and oxygen atoms in total. The van der Waals surface area contributed by atoms with Crippen LogP contribution in [0.25, 0.3) is 11.0 Å². The van der Waals surface area contributed by atoms with Gasteiger partial charge in [0.1, 0.15) is 5.82 Å². The van der Waals surface area contributed by atoms with Crippen LogP contribution < -0.4 is 5.32 Å². The van der Waals surface area contributed by atoms with Crippen LogP contribution in [0.5, 0.6) is 0 Å². The number of nitrogens with zero attached hydrogens (tertiary/aromatic N) is 4. The predicted molar refractivity (Wildman–Crippen MR) is 121 cm³/mol. The molecule has 1 aromatic heterocycles. The van der Waals surface area contributed by atoms with E-state index in [0.29, 0.717) is 0 Å². The van der Waals surface area contributed by atoms with E-state index in [-0.39, 0.29) is 5.91 Å². The average Bonchev–Trinajstić information content (AvgIpc) is 3.06. The van der Waals surface area contributed by atoms with Crippen molar-refractivity contribution in [3.63, 3.8) is 0 Å². The molecular weight excluding hydrogens is 374 g/mol. The highest BCUT2D eigenvalue weighted by Gasteiger charge is 2.20. The highest BCUT2D eigenvalue weighted by atomic mass is 16.1. The number of anilines is 1. The van der Waals surface area contributed by atoms with Crippen LogP contribution in [-0.2, 0) is 24.4 Å². The maximum Gasteiger partial charge on any atom is 0.221 e. The minimum Gasteiger partial charge on any atom is -0.327 e. The Morgan fingerprint density at radius 3 is 2.37 bits per heavy atom. The van der Waals surface area contributed by atoms with Crippen LogP contribution in [0.15, 0.2) is 48.5 Å². The van der Waals surface area contributed by atoms with Gasteiger partial charge in [0.2, 0.25) is 5.91 Å². The molecule has 0 saturated carbocycles. The molecule has 0 radical (unpaired) electrons. The maximum atomic E-state index is 11.4. The molecule has 1 fully saturated rings. The largest absolute Gasteiger partial charge is 0.327 e. The number of carbonyl (C=O) groups is 1. The molecule has 0 aliphatic carbocycles. The summed E-state index contributed by atoms with van der Waals surface area (Å²) in [5, 5.41) is 2.86. The summed E-state index contributed by atoms with van der Waals surface area (Å²) >= 11 is 0. The van der Waals surface area contributed by atoms with Crippen LogP contribution in [-0.4, -0.2) is 51.4 Å². The summed E-state index contributed by atoms with van der Waals surface area (Å²) in [6.07, 6.45) is 1.07. The second-order valence-electron chi connectivity index (χ2n) is 8.10. The van der Waals surface area contributed by atoms with Gasteiger partial charge in [0.05, 0.1) is 17.6 Å². The number of aryl methyl sites for hydroxylation is 1. The molecule has 0 atom stereocenters. The molecule has 6 heteroatoms. The topological polar surface area (TPSA) is 53.4 Å². The molecule has 2 heterocycles. The summed E-state index contributed by atoms with van der Waals surface area (Å²) in [5.74, 6) is 1.05. The van der Waals surface area contributed by atoms with E-state index in [1.165, 1.54) is 12.5 Å². The molecule has 1 aliphatic rings. The second kappa shape index (κ2) is 9.41. The first-order chi connectivity index (χ1) is 14.6. The Bertz CT molecular complexity index is 990. The van der Waals surface area contributed by atoms with E-state index in [1.54, 1.807) is 0 Å². The minimum absolute atomic E-state index is 0.0593. The first kappa shape index (κ1) is 20.6. The molecule has 30 heavy (non-hydrogen) atoms. The number of hydrogen-bond acceptors (Lipinski definition) is 4. The van der Waals surface area contributed by atoms with Crippen molar-refractivity contribution < 1.29 is 4.79 Å². The third-order valence-corrected chi connectivity index (χ3v) is 5.67. The van der Waals surface area contributed by atoms with E-state index in [1.807, 2.05) is 12.1 Å². The molecule has 3 aromatic rings. The number of nitrogens with one attached hydrogen (secondary N) is 1. The molecule has 1 amide bonds. The van der Waals surface area contributed by atoms with Gasteiger partial charge in [0.25, 0.3) is 0 Å². The average molecular weight is 406 g/mol. The summed E-state index contributed by atoms with van der Waals surface area (Å²) < 4.78 is 2.34. The lowest BCUT2D eigenvalue weighted by Gasteiger charge is -2.34. The zero-order valence-corrected chi connectivity index (χ0v) is 18.0. The van der Waals surface area contributed by atoms with E-state index in [0.717, 1.165) is 74.8 Å². The molecule has 0 spiro atoms. The SMILES string of the molecule is CCCn1c(CN2CCN(Cc3ccccc3)CC2)nc2cc(NC(C)=O)ccc21. The normalized spacial score (nSPS) is 15.5. The fourth-order valence-electron chi connectivity index (χ4n) is 4.20. The van der Waals surface area contributed by atoms with Crippen LogP contribution in [0.4, 0.5) is 5.69 Å². The van der Waals surface area contributed by atoms with E-state index >= 15 is 0 Å². The lowest BCUT2D eigenvalue weighted by atomic mass is 10.2. The Morgan fingerprint density at radius 1 is 1.00 bits per heavy atom. The van der Waals surface area contributed by atoms with E-state index in [4.69, 9.17) is 4.98 Å². The van der Waals surface area contributed by atoms with Crippen LogP contribution in [0.3, 0.4) is 0 Å². The van der Waals surface area contributed by atoms with Crippen LogP contribution in [0.1, 0.15) is 31.7 Å². The van der Waals surface area contributed by atoms with Gasteiger partial charge in [-0.25, -0.2) is 4.98 Å². The van der Waals surface area contributed by atoms with Crippen LogP contribution in [0.2, 0.25) is 0 Å². The monoisotopic (exact) mass is 405 g/mol. The third kappa shape index (κ3) is 4.89. The number of rotatable bonds is 7. The van der Waals surface area contributed by atoms with Crippen molar-refractivity contribution in [3.8, 4) is 0 Å². The van der Waals surface area contributed by atoms with Crippen LogP contribution in [0, 0.1) is 0 Å². The lowest BCUT2D eigenvalue weighted by molar-refractivity contribution is -0.114. The summed E-state index contributed by atoms with van der Waals surface area (Å²) in [5.41, 5.74) is 4.28. The van der Waals surface area contributed by atoms with Crippen molar-refractivity contribution in [3.05, 3.63) is 59.9 Å². The van der Waals surface area contributed by atoms with E-state index < -0.39 is 0 Å². The number of imidazole rings is 1. The molecule has 2 aromatic carbocycles. The molecule has 1 N–H and O–H groups in total. The van der Waals surface area contributed by atoms with Gasteiger partial charge in [-0.3, -0.25) is 14.6 Å². The van der Waals surface area contributed by atoms with Gasteiger partial charge in [-0.1, -0.05) is 37.3 Å². The van der Waals surface area contributed by atoms with E-state index in [9.17, 15) is 4.79 Å². The van der Waals surface area contributed by atoms with Gasteiger partial charge >= 0.3 is 0 Å². The smallest absolute Gasteiger partial charge is 0.221 e. The Balaban J connectivity index is 1.44. The summed E-state index contributed by atoms with van der Waals surface area (Å²) in [4.78, 5) is 21.3. The van der Waals surface area contributed by atoms with Gasteiger partial charge in [-0.2, -0.15) is 0 Å². The Morgan fingerprint density at radius 2 is 1.70 bits per heavy atom. The maximum absolute atomic E-state index is 11.4. The standard InChI is InChI=1S/C24H31N5O/c1-3-11-29-23-10-9-21(25-19(2)30)16-22(23)26-24(29)18-28-14-12-27(13-15-28)17-20-7-5-4-6-8-20/h4-10,16H,3,11-15,17-18H2,1-2H3,(H,25,30). The zero-order valence-electron chi connectivity index (χ0n) is 18.0. The molecule has 0 unspecified atom stereocenters. The minimum atomic E-state index is -0.0593. The van der Waals surface area contributed by atoms with Gasteiger partial charge in [0.15, 0.2) is 0 Å². The number of amides is 1. The molecular formula is C24H31N5O. The fourth-order valence-corrected chi connectivity index (χ4v) is 4.20. The first-order valence-electron chi connectivity index (χ1n) is 10.9. The van der Waals surface area contributed by atoms with Crippen LogP contribution >= 0.6 is 0 Å². The molecule has 0 bridgehead atoms. The van der Waals surface area contributed by atoms with Crippen molar-refractivity contribution in [2.24, 2.45) is 0 Å². The Labute approximate surface area is 178 Å². The third-order valence-electron chi connectivity index (χ3n) is 5.67. The van der Waals surface area contributed by atoms with Crippen molar-refractivity contribution in [2.75, 3.05) is 31.5 Å². The Kier molecular flexibility index (Phi) is 6.45. The number of piperazine rings is 1. The number of benzene rings is 2. The van der Waals surface area contributed by atoms with Crippen molar-refractivity contribution in [1.29, 1.82) is 0 Å². The fraction of sp³-hybridized carbons (Fsp3) is 0.417. The lowest BCUT2D eigenvalue weighted by Crippen LogP contribution is -2.45. The van der Waals surface area contributed by atoms with Crippen molar-refractivity contribution >= 4 is 22.6 Å². The van der Waals surface area contributed by atoms with E-state index in [2.05, 4.69) is 63.0 Å². The first-order valence-corrected chi connectivity index (χ1v) is 10.9. The number of carbonyl (C=O) groups excluding carboxylic acids is 1. The second-order valence-corrected chi connectivity index (χ2v) is 8.10. The summed E-state index contributed by atoms with van der Waals surface area (Å²) in [6, 6.07) is 16.7.